The predicted octanol–water partition coefficient (Wildman–Crippen LogP) is 2.65. The number of allylic oxidation sites excluding steroid dienone is 1. The fourth-order valence-electron chi connectivity index (χ4n) is 1.95. The molecule has 0 aliphatic heterocycles. The molecular weight excluding hydrogens is 242 g/mol. The largest absolute Gasteiger partial charge is 0.381 e. The molecule has 3 nitrogen and oxygen atoms in total. The summed E-state index contributed by atoms with van der Waals surface area (Å²) in [7, 11) is 5.77. The van der Waals surface area contributed by atoms with Gasteiger partial charge in [-0.05, 0) is 19.4 Å². The molecule has 102 valence electrons. The van der Waals surface area contributed by atoms with Crippen LogP contribution in [0.5, 0.6) is 0 Å². The van der Waals surface area contributed by atoms with Crippen molar-refractivity contribution in [1.29, 1.82) is 0 Å². The molecule has 4 heteroatoms. The van der Waals surface area contributed by atoms with E-state index in [1.165, 1.54) is 0 Å². The smallest absolute Gasteiger partial charge is 0.0690 e. The monoisotopic (exact) mass is 267 g/mol. The first-order chi connectivity index (χ1) is 8.34. The van der Waals surface area contributed by atoms with Crippen molar-refractivity contribution in [3.8, 4) is 0 Å². The summed E-state index contributed by atoms with van der Waals surface area (Å²) in [6.07, 6.45) is 3.92. The minimum atomic E-state index is -0.308. The Morgan fingerprint density at radius 3 is 2.39 bits per heavy atom. The molecule has 0 heterocycles. The van der Waals surface area contributed by atoms with Gasteiger partial charge in [0.1, 0.15) is 0 Å². The summed E-state index contributed by atoms with van der Waals surface area (Å²) in [6, 6.07) is 0. The molecule has 0 rings (SSSR count). The molecule has 0 saturated heterocycles. The summed E-state index contributed by atoms with van der Waals surface area (Å²) in [6.45, 7) is 10.4. The maximum Gasteiger partial charge on any atom is 0.0690 e. The van der Waals surface area contributed by atoms with Gasteiger partial charge < -0.3 is 10.2 Å². The van der Waals surface area contributed by atoms with Crippen molar-refractivity contribution in [3.05, 3.63) is 23.9 Å². The summed E-state index contributed by atoms with van der Waals surface area (Å²) in [4.78, 5) is 6.15. The van der Waals surface area contributed by atoms with Crippen LogP contribution in [0.4, 0.5) is 0 Å². The fourth-order valence-corrected chi connectivity index (χ4v) is 2.19. The number of nitrogens with one attached hydrogen (secondary N) is 1. The molecule has 0 fully saturated rings. The van der Waals surface area contributed by atoms with Crippen molar-refractivity contribution in [1.82, 2.24) is 10.2 Å². The van der Waals surface area contributed by atoms with Crippen LogP contribution >= 0.6 is 12.2 Å². The van der Waals surface area contributed by atoms with Crippen LogP contribution in [0.1, 0.15) is 20.8 Å². The third kappa shape index (κ3) is 3.67. The Bertz CT molecular complexity index is 358. The number of aliphatic imine (C=N–C) groups is 1. The van der Waals surface area contributed by atoms with E-state index >= 15 is 0 Å². The third-order valence-corrected chi connectivity index (χ3v) is 3.60. The zero-order chi connectivity index (χ0) is 14.3. The molecule has 2 atom stereocenters. The molecule has 0 aliphatic carbocycles. The van der Waals surface area contributed by atoms with Gasteiger partial charge in [-0.1, -0.05) is 31.8 Å². The van der Waals surface area contributed by atoms with Gasteiger partial charge in [0.15, 0.2) is 0 Å². The quantitative estimate of drug-likeness (QED) is 0.568. The van der Waals surface area contributed by atoms with E-state index in [0.717, 1.165) is 11.3 Å². The van der Waals surface area contributed by atoms with E-state index in [9.17, 15) is 0 Å². The van der Waals surface area contributed by atoms with E-state index in [1.807, 2.05) is 32.1 Å². The summed E-state index contributed by atoms with van der Waals surface area (Å²) in [5, 5.41) is 3.27. The van der Waals surface area contributed by atoms with Gasteiger partial charge in [-0.15, -0.1) is 0 Å². The summed E-state index contributed by atoms with van der Waals surface area (Å²) < 4.78 is 0. The lowest BCUT2D eigenvalue weighted by molar-refractivity contribution is 0.324. The standard InChI is InChI=1S/C14H25N3S/c1-8-13(9-15-5)14(4,16-10-18)11(2)12(3)17(6)7/h8-11H,3H2,1-2,4-7H3,(H,16,18)/b13-8+,15-9?/t11?,14-/m0/s1. The lowest BCUT2D eigenvalue weighted by Gasteiger charge is -2.39. The van der Waals surface area contributed by atoms with Crippen LogP contribution in [0.15, 0.2) is 28.9 Å². The van der Waals surface area contributed by atoms with Gasteiger partial charge in [-0.2, -0.15) is 0 Å². The Kier molecular flexibility index (Phi) is 6.84. The molecule has 0 bridgehead atoms. The van der Waals surface area contributed by atoms with Crippen molar-refractivity contribution in [2.75, 3.05) is 21.1 Å². The SMILES string of the molecule is C=C(C(C)[C@](C)(NC=S)/C(C=NC)=C/C)N(C)C. The highest BCUT2D eigenvalue weighted by molar-refractivity contribution is 7.78. The number of nitrogens with zero attached hydrogens (tertiary/aromatic N) is 2. The van der Waals surface area contributed by atoms with E-state index in [1.54, 1.807) is 12.5 Å². The Hall–Kier alpha value is -1.16. The van der Waals surface area contributed by atoms with E-state index < -0.39 is 0 Å². The minimum Gasteiger partial charge on any atom is -0.381 e. The highest BCUT2D eigenvalue weighted by Crippen LogP contribution is 2.30. The second-order valence-electron chi connectivity index (χ2n) is 4.70. The van der Waals surface area contributed by atoms with Crippen LogP contribution in [-0.2, 0) is 0 Å². The summed E-state index contributed by atoms with van der Waals surface area (Å²) in [5.41, 5.74) is 3.40. The average molecular weight is 267 g/mol. The maximum atomic E-state index is 4.97. The van der Waals surface area contributed by atoms with E-state index in [-0.39, 0.29) is 11.5 Å². The van der Waals surface area contributed by atoms with Crippen LogP contribution in [0.2, 0.25) is 0 Å². The second kappa shape index (κ2) is 7.31. The van der Waals surface area contributed by atoms with Crippen LogP contribution in [0, 0.1) is 5.92 Å². The number of rotatable bonds is 7. The Balaban J connectivity index is 5.50. The zero-order valence-electron chi connectivity index (χ0n) is 12.3. The first kappa shape index (κ1) is 16.8. The van der Waals surface area contributed by atoms with E-state index in [2.05, 4.69) is 36.8 Å². The van der Waals surface area contributed by atoms with Gasteiger partial charge in [-0.25, -0.2) is 0 Å². The predicted molar refractivity (Wildman–Crippen MR) is 85.4 cm³/mol. The third-order valence-electron chi connectivity index (χ3n) is 3.48. The van der Waals surface area contributed by atoms with Gasteiger partial charge in [0.2, 0.25) is 0 Å². The maximum absolute atomic E-state index is 4.97. The number of thiocarbonyl (C=S) groups is 1. The fraction of sp³-hybridized carbons (Fsp3) is 0.571. The molecule has 0 spiro atoms. The van der Waals surface area contributed by atoms with E-state index in [0.29, 0.717) is 0 Å². The molecule has 0 aromatic carbocycles. The Morgan fingerprint density at radius 2 is 2.06 bits per heavy atom. The van der Waals surface area contributed by atoms with Crippen LogP contribution in [0.3, 0.4) is 0 Å². The number of hydrogen-bond acceptors (Lipinski definition) is 3. The van der Waals surface area contributed by atoms with Crippen LogP contribution < -0.4 is 5.32 Å². The molecule has 1 unspecified atom stereocenters. The highest BCUT2D eigenvalue weighted by Gasteiger charge is 2.35. The molecular formula is C14H25N3S. The van der Waals surface area contributed by atoms with Crippen molar-refractivity contribution < 1.29 is 0 Å². The summed E-state index contributed by atoms with van der Waals surface area (Å²) >= 11 is 4.97. The lowest BCUT2D eigenvalue weighted by Crippen LogP contribution is -2.50. The number of hydrogen-bond donors (Lipinski definition) is 1. The van der Waals surface area contributed by atoms with Gasteiger partial charge in [-0.3, -0.25) is 4.99 Å². The topological polar surface area (TPSA) is 27.6 Å². The molecule has 0 radical (unpaired) electrons. The van der Waals surface area contributed by atoms with Gasteiger partial charge in [0.05, 0.1) is 11.0 Å². The first-order valence-corrected chi connectivity index (χ1v) is 6.48. The zero-order valence-corrected chi connectivity index (χ0v) is 13.1. The molecule has 1 N–H and O–H groups in total. The molecule has 18 heavy (non-hydrogen) atoms. The van der Waals surface area contributed by atoms with Gasteiger partial charge in [0.25, 0.3) is 0 Å². The molecule has 0 amide bonds. The van der Waals surface area contributed by atoms with Crippen LogP contribution in [0.25, 0.3) is 0 Å². The average Bonchev–Trinajstić information content (AvgIpc) is 2.33. The molecule has 0 aromatic rings. The first-order valence-electron chi connectivity index (χ1n) is 6.01. The second-order valence-corrected chi connectivity index (χ2v) is 4.94. The van der Waals surface area contributed by atoms with E-state index in [4.69, 9.17) is 12.2 Å². The van der Waals surface area contributed by atoms with Crippen molar-refractivity contribution >= 4 is 23.9 Å². The van der Waals surface area contributed by atoms with Crippen molar-refractivity contribution in [2.45, 2.75) is 26.3 Å². The minimum absolute atomic E-state index is 0.191. The normalized spacial score (nSPS) is 17.1. The lowest BCUT2D eigenvalue weighted by atomic mass is 9.78. The van der Waals surface area contributed by atoms with Gasteiger partial charge >= 0.3 is 0 Å². The van der Waals surface area contributed by atoms with Gasteiger partial charge in [0, 0.05) is 39.0 Å². The van der Waals surface area contributed by atoms with Crippen molar-refractivity contribution in [3.63, 3.8) is 0 Å². The summed E-state index contributed by atoms with van der Waals surface area (Å²) in [5.74, 6) is 0.191. The van der Waals surface area contributed by atoms with Crippen LogP contribution in [-0.4, -0.2) is 43.3 Å². The molecule has 0 aromatic heterocycles. The van der Waals surface area contributed by atoms with Crippen molar-refractivity contribution in [2.24, 2.45) is 10.9 Å². The highest BCUT2D eigenvalue weighted by atomic mass is 32.1. The molecule has 0 saturated carbocycles. The Labute approximate surface area is 117 Å². The Morgan fingerprint density at radius 1 is 1.50 bits per heavy atom. The molecule has 0 aliphatic rings.